The third-order valence-corrected chi connectivity index (χ3v) is 2.75. The fourth-order valence-corrected chi connectivity index (χ4v) is 1.93. The van der Waals surface area contributed by atoms with E-state index in [2.05, 4.69) is 15.1 Å². The minimum absolute atomic E-state index is 0.475. The van der Waals surface area contributed by atoms with Crippen molar-refractivity contribution in [1.82, 2.24) is 19.7 Å². The first-order valence-electron chi connectivity index (χ1n) is 5.16. The van der Waals surface area contributed by atoms with Gasteiger partial charge in [0.05, 0.1) is 23.6 Å². The highest BCUT2D eigenvalue weighted by molar-refractivity contribution is 6.30. The summed E-state index contributed by atoms with van der Waals surface area (Å²) in [4.78, 5) is 8.24. The summed E-state index contributed by atoms with van der Waals surface area (Å²) in [6.45, 7) is 1.95. The Kier molecular flexibility index (Phi) is 2.30. The predicted molar refractivity (Wildman–Crippen MR) is 66.4 cm³/mol. The molecule has 0 aliphatic carbocycles. The normalized spacial score (nSPS) is 10.9. The van der Waals surface area contributed by atoms with Crippen LogP contribution in [0.2, 0.25) is 5.15 Å². The highest BCUT2D eigenvalue weighted by atomic mass is 35.5. The third kappa shape index (κ3) is 1.76. The minimum Gasteiger partial charge on any atom is -0.261 e. The molecule has 5 heteroatoms. The molecule has 0 N–H and O–H groups in total. The average Bonchev–Trinajstić information content (AvgIpc) is 2.71. The van der Waals surface area contributed by atoms with E-state index in [9.17, 15) is 0 Å². The molecule has 0 fully saturated rings. The standard InChI is InChI=1S/C12H9ClN4/c1-8-4-10(2-3-14-8)17-11-7-15-12(13)5-9(11)6-16-17/h2-7H,1H3. The second-order valence-corrected chi connectivity index (χ2v) is 4.16. The van der Waals surface area contributed by atoms with E-state index in [1.165, 1.54) is 0 Å². The van der Waals surface area contributed by atoms with Crippen LogP contribution in [0.15, 0.2) is 36.8 Å². The number of fused-ring (bicyclic) bond motifs is 1. The summed E-state index contributed by atoms with van der Waals surface area (Å²) in [7, 11) is 0. The molecule has 0 amide bonds. The molecule has 17 heavy (non-hydrogen) atoms. The van der Waals surface area contributed by atoms with Gasteiger partial charge in [0, 0.05) is 17.3 Å². The van der Waals surface area contributed by atoms with Crippen LogP contribution in [0.1, 0.15) is 5.69 Å². The molecule has 3 aromatic heterocycles. The van der Waals surface area contributed by atoms with E-state index < -0.39 is 0 Å². The van der Waals surface area contributed by atoms with E-state index in [4.69, 9.17) is 11.6 Å². The lowest BCUT2D eigenvalue weighted by Crippen LogP contribution is -1.97. The van der Waals surface area contributed by atoms with Crippen LogP contribution in [0.5, 0.6) is 0 Å². The Morgan fingerprint density at radius 1 is 1.18 bits per heavy atom. The van der Waals surface area contributed by atoms with Gasteiger partial charge in [0.25, 0.3) is 0 Å². The highest BCUT2D eigenvalue weighted by Crippen LogP contribution is 2.19. The third-order valence-electron chi connectivity index (χ3n) is 2.55. The first kappa shape index (κ1) is 10.2. The van der Waals surface area contributed by atoms with Crippen LogP contribution in [0.25, 0.3) is 16.6 Å². The van der Waals surface area contributed by atoms with Crippen molar-refractivity contribution in [2.45, 2.75) is 6.92 Å². The first-order chi connectivity index (χ1) is 8.24. The summed E-state index contributed by atoms with van der Waals surface area (Å²) >= 11 is 5.84. The Balaban J connectivity index is 2.24. The van der Waals surface area contributed by atoms with Gasteiger partial charge in [-0.25, -0.2) is 9.67 Å². The van der Waals surface area contributed by atoms with Crippen molar-refractivity contribution in [2.75, 3.05) is 0 Å². The van der Waals surface area contributed by atoms with Gasteiger partial charge in [-0.3, -0.25) is 4.98 Å². The van der Waals surface area contributed by atoms with Crippen molar-refractivity contribution < 1.29 is 0 Å². The quantitative estimate of drug-likeness (QED) is 0.618. The highest BCUT2D eigenvalue weighted by Gasteiger charge is 2.06. The number of hydrogen-bond donors (Lipinski definition) is 0. The predicted octanol–water partition coefficient (Wildman–Crippen LogP) is 2.78. The van der Waals surface area contributed by atoms with E-state index in [0.717, 1.165) is 22.3 Å². The zero-order chi connectivity index (χ0) is 11.8. The summed E-state index contributed by atoms with van der Waals surface area (Å²) in [6, 6.07) is 5.68. The van der Waals surface area contributed by atoms with Crippen LogP contribution in [0.3, 0.4) is 0 Å². The zero-order valence-corrected chi connectivity index (χ0v) is 9.89. The summed E-state index contributed by atoms with van der Waals surface area (Å²) in [5, 5.41) is 5.78. The maximum absolute atomic E-state index is 5.84. The Bertz CT molecular complexity index is 690. The SMILES string of the molecule is Cc1cc(-n2ncc3cc(Cl)ncc32)ccn1. The first-order valence-corrected chi connectivity index (χ1v) is 5.54. The summed E-state index contributed by atoms with van der Waals surface area (Å²) in [5.41, 5.74) is 2.85. The van der Waals surface area contributed by atoms with Gasteiger partial charge in [-0.1, -0.05) is 11.6 Å². The molecule has 0 spiro atoms. The number of hydrogen-bond acceptors (Lipinski definition) is 3. The maximum Gasteiger partial charge on any atom is 0.129 e. The number of aryl methyl sites for hydroxylation is 1. The van der Waals surface area contributed by atoms with Crippen LogP contribution in [-0.4, -0.2) is 19.7 Å². The van der Waals surface area contributed by atoms with Crippen LogP contribution < -0.4 is 0 Å². The van der Waals surface area contributed by atoms with Gasteiger partial charge >= 0.3 is 0 Å². The molecule has 0 unspecified atom stereocenters. The van der Waals surface area contributed by atoms with Crippen LogP contribution in [0, 0.1) is 6.92 Å². The largest absolute Gasteiger partial charge is 0.261 e. The van der Waals surface area contributed by atoms with Gasteiger partial charge in [0.15, 0.2) is 0 Å². The maximum atomic E-state index is 5.84. The second-order valence-electron chi connectivity index (χ2n) is 3.78. The molecule has 84 valence electrons. The Labute approximate surface area is 103 Å². The molecule has 3 rings (SSSR count). The van der Waals surface area contributed by atoms with Crippen molar-refractivity contribution in [3.63, 3.8) is 0 Å². The Morgan fingerprint density at radius 3 is 2.88 bits per heavy atom. The molecular weight excluding hydrogens is 236 g/mol. The monoisotopic (exact) mass is 244 g/mol. The molecule has 0 atom stereocenters. The van der Waals surface area contributed by atoms with Crippen LogP contribution in [-0.2, 0) is 0 Å². The topological polar surface area (TPSA) is 43.6 Å². The summed E-state index contributed by atoms with van der Waals surface area (Å²) in [5.74, 6) is 0. The van der Waals surface area contributed by atoms with E-state index in [1.54, 1.807) is 24.7 Å². The molecule has 0 radical (unpaired) electrons. The Morgan fingerprint density at radius 2 is 2.06 bits per heavy atom. The number of aromatic nitrogens is 4. The zero-order valence-electron chi connectivity index (χ0n) is 9.13. The molecule has 0 aliphatic rings. The minimum atomic E-state index is 0.475. The fourth-order valence-electron chi connectivity index (χ4n) is 1.77. The molecular formula is C12H9ClN4. The molecule has 3 aromatic rings. The Hall–Kier alpha value is -1.94. The van der Waals surface area contributed by atoms with Crippen molar-refractivity contribution in [3.05, 3.63) is 47.6 Å². The van der Waals surface area contributed by atoms with E-state index in [-0.39, 0.29) is 0 Å². The van der Waals surface area contributed by atoms with Gasteiger partial charge in [0.2, 0.25) is 0 Å². The van der Waals surface area contributed by atoms with Crippen molar-refractivity contribution in [2.24, 2.45) is 0 Å². The molecule has 0 saturated carbocycles. The van der Waals surface area contributed by atoms with Crippen LogP contribution in [0.4, 0.5) is 0 Å². The van der Waals surface area contributed by atoms with Crippen molar-refractivity contribution in [3.8, 4) is 5.69 Å². The van der Waals surface area contributed by atoms with Gasteiger partial charge in [-0.2, -0.15) is 5.10 Å². The molecule has 4 nitrogen and oxygen atoms in total. The van der Waals surface area contributed by atoms with Gasteiger partial charge in [-0.05, 0) is 25.1 Å². The van der Waals surface area contributed by atoms with Crippen molar-refractivity contribution >= 4 is 22.5 Å². The smallest absolute Gasteiger partial charge is 0.129 e. The number of halogens is 1. The van der Waals surface area contributed by atoms with E-state index in [0.29, 0.717) is 5.15 Å². The lowest BCUT2D eigenvalue weighted by Gasteiger charge is -2.03. The average molecular weight is 245 g/mol. The molecule has 0 aliphatic heterocycles. The molecule has 0 bridgehead atoms. The molecule has 0 aromatic carbocycles. The lowest BCUT2D eigenvalue weighted by molar-refractivity contribution is 0.902. The van der Waals surface area contributed by atoms with Gasteiger partial charge in [0.1, 0.15) is 5.15 Å². The lowest BCUT2D eigenvalue weighted by atomic mass is 10.3. The number of nitrogens with zero attached hydrogens (tertiary/aromatic N) is 4. The molecule has 0 saturated heterocycles. The molecule has 3 heterocycles. The van der Waals surface area contributed by atoms with Gasteiger partial charge in [-0.15, -0.1) is 0 Å². The van der Waals surface area contributed by atoms with E-state index in [1.807, 2.05) is 23.7 Å². The summed E-state index contributed by atoms with van der Waals surface area (Å²) in [6.07, 6.45) is 5.26. The van der Waals surface area contributed by atoms with Crippen molar-refractivity contribution in [1.29, 1.82) is 0 Å². The van der Waals surface area contributed by atoms with E-state index >= 15 is 0 Å². The second kappa shape index (κ2) is 3.82. The fraction of sp³-hybridized carbons (Fsp3) is 0.0833. The van der Waals surface area contributed by atoms with Gasteiger partial charge < -0.3 is 0 Å². The van der Waals surface area contributed by atoms with Crippen LogP contribution >= 0.6 is 11.6 Å². The number of rotatable bonds is 1. The number of pyridine rings is 2. The summed E-state index contributed by atoms with van der Waals surface area (Å²) < 4.78 is 1.83.